The van der Waals surface area contributed by atoms with Crippen molar-refractivity contribution in [3.63, 3.8) is 0 Å². The maximum absolute atomic E-state index is 13.1. The second-order valence-corrected chi connectivity index (χ2v) is 10.8. The number of benzene rings is 1. The topological polar surface area (TPSA) is 110 Å². The highest BCUT2D eigenvalue weighted by Crippen LogP contribution is 2.37. The Hall–Kier alpha value is -2.69. The summed E-state index contributed by atoms with van der Waals surface area (Å²) in [4.78, 5) is 21.6. The van der Waals surface area contributed by atoms with E-state index in [2.05, 4.69) is 20.0 Å². The van der Waals surface area contributed by atoms with Gasteiger partial charge in [-0.2, -0.15) is 0 Å². The number of ether oxygens (including phenoxy) is 1. The van der Waals surface area contributed by atoms with Crippen LogP contribution in [0.5, 0.6) is 5.75 Å². The SMILES string of the molecule is COc1ccc(-c2sc(NC(=O)C3CCCC3)nc2C)cc1S(=O)(=O)Nc1ccc(Cl)nc1. The predicted molar refractivity (Wildman–Crippen MR) is 129 cm³/mol. The molecule has 1 aliphatic rings. The molecule has 1 aliphatic carbocycles. The number of pyridine rings is 1. The molecule has 2 heterocycles. The van der Waals surface area contributed by atoms with Gasteiger partial charge in [-0.15, -0.1) is 0 Å². The molecule has 1 amide bonds. The van der Waals surface area contributed by atoms with Gasteiger partial charge in [-0.05, 0) is 55.7 Å². The zero-order valence-corrected chi connectivity index (χ0v) is 20.5. The first kappa shape index (κ1) is 23.5. The zero-order chi connectivity index (χ0) is 23.6. The van der Waals surface area contributed by atoms with Crippen molar-refractivity contribution in [2.24, 2.45) is 5.92 Å². The summed E-state index contributed by atoms with van der Waals surface area (Å²) < 4.78 is 34.0. The molecule has 1 aromatic carbocycles. The van der Waals surface area contributed by atoms with Gasteiger partial charge in [0.1, 0.15) is 15.8 Å². The number of hydrogen-bond acceptors (Lipinski definition) is 7. The minimum atomic E-state index is -3.98. The number of aryl methyl sites for hydroxylation is 1. The number of anilines is 2. The maximum atomic E-state index is 13.1. The number of aromatic nitrogens is 2. The lowest BCUT2D eigenvalue weighted by Gasteiger charge is -2.13. The second-order valence-electron chi connectivity index (χ2n) is 7.74. The van der Waals surface area contributed by atoms with E-state index in [4.69, 9.17) is 16.3 Å². The van der Waals surface area contributed by atoms with E-state index in [1.165, 1.54) is 42.8 Å². The van der Waals surface area contributed by atoms with E-state index in [-0.39, 0.29) is 33.3 Å². The van der Waals surface area contributed by atoms with Gasteiger partial charge in [0.25, 0.3) is 10.0 Å². The van der Waals surface area contributed by atoms with Crippen LogP contribution in [0.3, 0.4) is 0 Å². The predicted octanol–water partition coefficient (Wildman–Crippen LogP) is 5.11. The molecule has 1 fully saturated rings. The molecule has 8 nitrogen and oxygen atoms in total. The fraction of sp³-hybridized carbons (Fsp3) is 0.318. The van der Waals surface area contributed by atoms with Crippen LogP contribution in [0.25, 0.3) is 10.4 Å². The van der Waals surface area contributed by atoms with Crippen molar-refractivity contribution in [2.45, 2.75) is 37.5 Å². The van der Waals surface area contributed by atoms with Crippen LogP contribution in [0, 0.1) is 12.8 Å². The third-order valence-electron chi connectivity index (χ3n) is 5.45. The smallest absolute Gasteiger partial charge is 0.265 e. The summed E-state index contributed by atoms with van der Waals surface area (Å²) in [6.45, 7) is 1.83. The molecule has 0 saturated heterocycles. The number of sulfonamides is 1. The van der Waals surface area contributed by atoms with E-state index in [9.17, 15) is 13.2 Å². The molecule has 0 unspecified atom stereocenters. The molecule has 0 aliphatic heterocycles. The van der Waals surface area contributed by atoms with E-state index in [1.807, 2.05) is 6.92 Å². The number of carbonyl (C=O) groups is 1. The van der Waals surface area contributed by atoms with E-state index in [1.54, 1.807) is 12.1 Å². The van der Waals surface area contributed by atoms with Crippen LogP contribution >= 0.6 is 22.9 Å². The molecule has 33 heavy (non-hydrogen) atoms. The number of nitrogens with one attached hydrogen (secondary N) is 2. The lowest BCUT2D eigenvalue weighted by molar-refractivity contribution is -0.119. The summed E-state index contributed by atoms with van der Waals surface area (Å²) in [5, 5.41) is 3.68. The molecular weight excluding hydrogens is 484 g/mol. The summed E-state index contributed by atoms with van der Waals surface area (Å²) in [5.74, 6) is 0.223. The van der Waals surface area contributed by atoms with Crippen molar-refractivity contribution in [3.8, 4) is 16.2 Å². The van der Waals surface area contributed by atoms with Gasteiger partial charge >= 0.3 is 0 Å². The first-order chi connectivity index (χ1) is 15.8. The van der Waals surface area contributed by atoms with E-state index >= 15 is 0 Å². The molecule has 0 radical (unpaired) electrons. The van der Waals surface area contributed by atoms with Gasteiger partial charge in [0, 0.05) is 5.92 Å². The van der Waals surface area contributed by atoms with Gasteiger partial charge < -0.3 is 10.1 Å². The largest absolute Gasteiger partial charge is 0.495 e. The molecule has 4 rings (SSSR count). The summed E-state index contributed by atoms with van der Waals surface area (Å²) in [6, 6.07) is 7.92. The average molecular weight is 507 g/mol. The third-order valence-corrected chi connectivity index (χ3v) is 8.20. The zero-order valence-electron chi connectivity index (χ0n) is 18.1. The Morgan fingerprint density at radius 1 is 1.21 bits per heavy atom. The number of thiazole rings is 1. The fourth-order valence-corrected chi connectivity index (χ4v) is 6.10. The minimum absolute atomic E-state index is 0.00780. The van der Waals surface area contributed by atoms with Crippen molar-refractivity contribution >= 4 is 49.7 Å². The van der Waals surface area contributed by atoms with Gasteiger partial charge in [0.15, 0.2) is 5.13 Å². The first-order valence-electron chi connectivity index (χ1n) is 10.4. The first-order valence-corrected chi connectivity index (χ1v) is 13.1. The molecule has 174 valence electrons. The standard InChI is InChI=1S/C22H23ClN4O4S2/c1-13-20(32-22(25-13)26-21(28)14-5-3-4-6-14)15-7-9-17(31-2)18(11-15)33(29,30)27-16-8-10-19(23)24-12-16/h7-12,14,27H,3-6H2,1-2H3,(H,25,26,28). The van der Waals surface area contributed by atoms with Crippen LogP contribution in [-0.4, -0.2) is 31.4 Å². The van der Waals surface area contributed by atoms with E-state index < -0.39 is 10.0 Å². The van der Waals surface area contributed by atoms with E-state index in [0.29, 0.717) is 16.4 Å². The van der Waals surface area contributed by atoms with Gasteiger partial charge in [-0.3, -0.25) is 9.52 Å². The molecular formula is C22H23ClN4O4S2. The van der Waals surface area contributed by atoms with E-state index in [0.717, 1.165) is 30.6 Å². The van der Waals surface area contributed by atoms with Crippen molar-refractivity contribution in [1.82, 2.24) is 9.97 Å². The Morgan fingerprint density at radius 2 is 1.97 bits per heavy atom. The molecule has 0 spiro atoms. The second kappa shape index (κ2) is 9.66. The van der Waals surface area contributed by atoms with Crippen LogP contribution in [0.1, 0.15) is 31.4 Å². The Kier molecular flexibility index (Phi) is 6.87. The van der Waals surface area contributed by atoms with Crippen molar-refractivity contribution in [3.05, 3.63) is 47.4 Å². The number of methoxy groups -OCH3 is 1. The lowest BCUT2D eigenvalue weighted by Crippen LogP contribution is -2.20. The van der Waals surface area contributed by atoms with Crippen LogP contribution in [0.4, 0.5) is 10.8 Å². The molecule has 0 bridgehead atoms. The number of halogens is 1. The van der Waals surface area contributed by atoms with Gasteiger partial charge in [-0.1, -0.05) is 35.8 Å². The van der Waals surface area contributed by atoms with Crippen LogP contribution in [0.15, 0.2) is 41.4 Å². The van der Waals surface area contributed by atoms with Crippen LogP contribution in [-0.2, 0) is 14.8 Å². The summed E-state index contributed by atoms with van der Waals surface area (Å²) in [6.07, 6.45) is 5.29. The normalized spacial score (nSPS) is 14.3. The molecule has 11 heteroatoms. The number of rotatable bonds is 7. The van der Waals surface area contributed by atoms with Gasteiger partial charge in [0.2, 0.25) is 5.91 Å². The van der Waals surface area contributed by atoms with Crippen molar-refractivity contribution in [2.75, 3.05) is 17.1 Å². The van der Waals surface area contributed by atoms with Crippen molar-refractivity contribution in [1.29, 1.82) is 0 Å². The van der Waals surface area contributed by atoms with Gasteiger partial charge in [0.05, 0.1) is 29.6 Å². The Morgan fingerprint density at radius 3 is 2.64 bits per heavy atom. The molecule has 3 aromatic rings. The molecule has 2 N–H and O–H groups in total. The average Bonchev–Trinajstić information content (AvgIpc) is 3.45. The highest BCUT2D eigenvalue weighted by molar-refractivity contribution is 7.92. The third kappa shape index (κ3) is 5.29. The minimum Gasteiger partial charge on any atom is -0.495 e. The molecule has 2 aromatic heterocycles. The summed E-state index contributed by atoms with van der Waals surface area (Å²) in [7, 11) is -2.57. The van der Waals surface area contributed by atoms with Crippen LogP contribution < -0.4 is 14.8 Å². The summed E-state index contributed by atoms with van der Waals surface area (Å²) >= 11 is 7.10. The Bertz CT molecular complexity index is 1270. The molecule has 0 atom stereocenters. The number of hydrogen-bond donors (Lipinski definition) is 2. The monoisotopic (exact) mass is 506 g/mol. The number of nitrogens with zero attached hydrogens (tertiary/aromatic N) is 2. The highest BCUT2D eigenvalue weighted by atomic mass is 35.5. The fourth-order valence-electron chi connectivity index (χ4n) is 3.79. The highest BCUT2D eigenvalue weighted by Gasteiger charge is 2.25. The number of carbonyl (C=O) groups excluding carboxylic acids is 1. The Balaban J connectivity index is 1.63. The van der Waals surface area contributed by atoms with Crippen molar-refractivity contribution < 1.29 is 17.9 Å². The lowest BCUT2D eigenvalue weighted by atomic mass is 10.1. The van der Waals surface area contributed by atoms with Crippen LogP contribution in [0.2, 0.25) is 5.15 Å². The summed E-state index contributed by atoms with van der Waals surface area (Å²) in [5.41, 5.74) is 1.63. The number of amides is 1. The molecule has 1 saturated carbocycles. The maximum Gasteiger partial charge on any atom is 0.265 e. The quantitative estimate of drug-likeness (QED) is 0.431. The Labute approximate surface area is 201 Å². The van der Waals surface area contributed by atoms with Gasteiger partial charge in [-0.25, -0.2) is 18.4 Å².